The number of carbonyl (C=O) groups is 1. The lowest BCUT2D eigenvalue weighted by Gasteiger charge is -2.34. The molecule has 2 fully saturated rings. The van der Waals surface area contributed by atoms with Crippen LogP contribution in [0.2, 0.25) is 0 Å². The Labute approximate surface area is 186 Å². The standard InChI is InChI=1S/C21H23F4N3O5/c1-11-6-17(20-28-27-19(32-20)12-7-15(8-12)33-21(23,24)25)31-9-16(11)26-18(29)10-30-14-4-2-13(22)3-5-14/h2-5,11-12,15-17H,6-10H2,1H3,(H,26,29)/t11?,12?,15?,16-,17-/m1/s1. The molecular weight excluding hydrogens is 450 g/mol. The minimum atomic E-state index is -4.65. The largest absolute Gasteiger partial charge is 0.522 e. The fourth-order valence-corrected chi connectivity index (χ4v) is 3.83. The average molecular weight is 473 g/mol. The van der Waals surface area contributed by atoms with Gasteiger partial charge in [0, 0.05) is 5.92 Å². The van der Waals surface area contributed by atoms with E-state index in [-0.39, 0.29) is 61.6 Å². The molecule has 1 aliphatic heterocycles. The minimum Gasteiger partial charge on any atom is -0.484 e. The Balaban J connectivity index is 1.22. The molecule has 1 aliphatic carbocycles. The van der Waals surface area contributed by atoms with Crippen molar-refractivity contribution >= 4 is 5.91 Å². The molecule has 180 valence electrons. The molecule has 1 aromatic carbocycles. The van der Waals surface area contributed by atoms with Crippen molar-refractivity contribution in [2.75, 3.05) is 13.2 Å². The number of carbonyl (C=O) groups excluding carboxylic acids is 1. The van der Waals surface area contributed by atoms with Gasteiger partial charge in [0.1, 0.15) is 17.7 Å². The van der Waals surface area contributed by atoms with Crippen molar-refractivity contribution in [3.63, 3.8) is 0 Å². The Kier molecular flexibility index (Phi) is 6.84. The SMILES string of the molecule is CC1C[C@H](c2nnc(C3CC(OC(F)(F)F)C3)o2)OC[C@H]1NC(=O)COc1ccc(F)cc1. The highest BCUT2D eigenvalue weighted by atomic mass is 19.4. The van der Waals surface area contributed by atoms with Gasteiger partial charge < -0.3 is 19.2 Å². The summed E-state index contributed by atoms with van der Waals surface area (Å²) in [6.07, 6.45) is -5.18. The topological polar surface area (TPSA) is 95.7 Å². The van der Waals surface area contributed by atoms with Gasteiger partial charge in [0.15, 0.2) is 6.61 Å². The fraction of sp³-hybridized carbons (Fsp3) is 0.571. The van der Waals surface area contributed by atoms with Crippen LogP contribution in [0.15, 0.2) is 28.7 Å². The highest BCUT2D eigenvalue weighted by Crippen LogP contribution is 2.41. The number of halogens is 4. The van der Waals surface area contributed by atoms with Crippen molar-refractivity contribution in [1.82, 2.24) is 15.5 Å². The second-order valence-electron chi connectivity index (χ2n) is 8.28. The number of aromatic nitrogens is 2. The van der Waals surface area contributed by atoms with Crippen LogP contribution in [0.4, 0.5) is 17.6 Å². The number of hydrogen-bond acceptors (Lipinski definition) is 7. The second-order valence-corrected chi connectivity index (χ2v) is 8.28. The zero-order valence-electron chi connectivity index (χ0n) is 17.7. The number of benzene rings is 1. The van der Waals surface area contributed by atoms with Gasteiger partial charge >= 0.3 is 6.36 Å². The number of alkyl halides is 3. The van der Waals surface area contributed by atoms with Gasteiger partial charge in [0.2, 0.25) is 11.8 Å². The van der Waals surface area contributed by atoms with E-state index in [2.05, 4.69) is 20.3 Å². The first-order valence-corrected chi connectivity index (χ1v) is 10.5. The Morgan fingerprint density at radius 1 is 1.15 bits per heavy atom. The summed E-state index contributed by atoms with van der Waals surface area (Å²) in [5.41, 5.74) is 0. The maximum absolute atomic E-state index is 12.9. The Morgan fingerprint density at radius 2 is 1.85 bits per heavy atom. The van der Waals surface area contributed by atoms with Crippen molar-refractivity contribution in [2.24, 2.45) is 5.92 Å². The van der Waals surface area contributed by atoms with Gasteiger partial charge in [-0.15, -0.1) is 23.4 Å². The Morgan fingerprint density at radius 3 is 2.52 bits per heavy atom. The summed E-state index contributed by atoms with van der Waals surface area (Å²) in [7, 11) is 0. The van der Waals surface area contributed by atoms with E-state index in [0.29, 0.717) is 12.2 Å². The maximum Gasteiger partial charge on any atom is 0.522 e. The number of amides is 1. The van der Waals surface area contributed by atoms with Gasteiger partial charge in [-0.25, -0.2) is 4.39 Å². The molecule has 1 aromatic heterocycles. The van der Waals surface area contributed by atoms with E-state index in [9.17, 15) is 22.4 Å². The molecule has 2 heterocycles. The maximum atomic E-state index is 12.9. The molecule has 0 spiro atoms. The molecule has 1 saturated carbocycles. The Bertz CT molecular complexity index is 946. The van der Waals surface area contributed by atoms with Crippen LogP contribution in [-0.2, 0) is 14.3 Å². The zero-order chi connectivity index (χ0) is 23.6. The second kappa shape index (κ2) is 9.64. The molecule has 1 amide bonds. The van der Waals surface area contributed by atoms with E-state index >= 15 is 0 Å². The summed E-state index contributed by atoms with van der Waals surface area (Å²) < 4.78 is 70.4. The van der Waals surface area contributed by atoms with Crippen LogP contribution >= 0.6 is 0 Å². The third-order valence-electron chi connectivity index (χ3n) is 5.76. The molecule has 2 aromatic rings. The number of rotatable bonds is 7. The van der Waals surface area contributed by atoms with E-state index < -0.39 is 24.4 Å². The van der Waals surface area contributed by atoms with E-state index in [1.165, 1.54) is 24.3 Å². The van der Waals surface area contributed by atoms with Crippen molar-refractivity contribution in [1.29, 1.82) is 0 Å². The van der Waals surface area contributed by atoms with Gasteiger partial charge in [0.25, 0.3) is 5.91 Å². The number of ether oxygens (including phenoxy) is 3. The van der Waals surface area contributed by atoms with Crippen LogP contribution in [0, 0.1) is 11.7 Å². The van der Waals surface area contributed by atoms with Crippen LogP contribution in [0.3, 0.4) is 0 Å². The lowest BCUT2D eigenvalue weighted by atomic mass is 9.82. The molecule has 12 heteroatoms. The average Bonchev–Trinajstić information content (AvgIpc) is 3.20. The first-order valence-electron chi connectivity index (χ1n) is 10.5. The number of nitrogens with one attached hydrogen (secondary N) is 1. The van der Waals surface area contributed by atoms with Crippen LogP contribution in [-0.4, -0.2) is 47.8 Å². The van der Waals surface area contributed by atoms with Gasteiger partial charge in [-0.3, -0.25) is 9.53 Å². The molecule has 0 radical (unpaired) electrons. The Hall–Kier alpha value is -2.73. The van der Waals surface area contributed by atoms with Gasteiger partial charge in [-0.05, 0) is 49.4 Å². The van der Waals surface area contributed by atoms with E-state index in [1.807, 2.05) is 6.92 Å². The summed E-state index contributed by atoms with van der Waals surface area (Å²) in [6, 6.07) is 5.11. The summed E-state index contributed by atoms with van der Waals surface area (Å²) in [5, 5.41) is 10.8. The van der Waals surface area contributed by atoms with Gasteiger partial charge in [-0.2, -0.15) is 0 Å². The molecule has 1 unspecified atom stereocenters. The zero-order valence-corrected chi connectivity index (χ0v) is 17.7. The lowest BCUT2D eigenvalue weighted by Crippen LogP contribution is -2.47. The molecule has 8 nitrogen and oxygen atoms in total. The highest BCUT2D eigenvalue weighted by Gasteiger charge is 2.43. The first-order chi connectivity index (χ1) is 15.7. The lowest BCUT2D eigenvalue weighted by molar-refractivity contribution is -0.352. The van der Waals surface area contributed by atoms with Gasteiger partial charge in [0.05, 0.1) is 18.8 Å². The highest BCUT2D eigenvalue weighted by molar-refractivity contribution is 5.77. The normalized spacial score (nSPS) is 27.6. The van der Waals surface area contributed by atoms with Crippen molar-refractivity contribution in [2.45, 2.75) is 56.7 Å². The van der Waals surface area contributed by atoms with E-state index in [4.69, 9.17) is 13.9 Å². The molecule has 1 saturated heterocycles. The first kappa shape index (κ1) is 23.4. The monoisotopic (exact) mass is 473 g/mol. The minimum absolute atomic E-state index is 0.0298. The third-order valence-corrected chi connectivity index (χ3v) is 5.76. The quantitative estimate of drug-likeness (QED) is 0.614. The molecule has 1 N–H and O–H groups in total. The summed E-state index contributed by atoms with van der Waals surface area (Å²) in [6.45, 7) is 1.95. The molecule has 3 atom stereocenters. The number of hydrogen-bond donors (Lipinski definition) is 1. The van der Waals surface area contributed by atoms with Crippen molar-refractivity contribution < 1.29 is 41.0 Å². The molecule has 4 rings (SSSR count). The van der Waals surface area contributed by atoms with Crippen molar-refractivity contribution in [3.05, 3.63) is 41.9 Å². The van der Waals surface area contributed by atoms with Crippen LogP contribution < -0.4 is 10.1 Å². The molecule has 0 bridgehead atoms. The summed E-state index contributed by atoms with van der Waals surface area (Å²) in [4.78, 5) is 12.2. The molecule has 33 heavy (non-hydrogen) atoms. The predicted molar refractivity (Wildman–Crippen MR) is 104 cm³/mol. The molecular formula is C21H23F4N3O5. The van der Waals surface area contributed by atoms with Crippen LogP contribution in [0.25, 0.3) is 0 Å². The summed E-state index contributed by atoms with van der Waals surface area (Å²) >= 11 is 0. The van der Waals surface area contributed by atoms with Crippen LogP contribution in [0.1, 0.15) is 50.0 Å². The van der Waals surface area contributed by atoms with E-state index in [0.717, 1.165) is 0 Å². The predicted octanol–water partition coefficient (Wildman–Crippen LogP) is 3.65. The van der Waals surface area contributed by atoms with Gasteiger partial charge in [-0.1, -0.05) is 6.92 Å². The number of nitrogens with zero attached hydrogens (tertiary/aromatic N) is 2. The van der Waals surface area contributed by atoms with Crippen LogP contribution in [0.5, 0.6) is 5.75 Å². The summed E-state index contributed by atoms with van der Waals surface area (Å²) in [5.74, 6) is -0.0447. The molecule has 2 aliphatic rings. The smallest absolute Gasteiger partial charge is 0.484 e. The van der Waals surface area contributed by atoms with Crippen molar-refractivity contribution in [3.8, 4) is 5.75 Å². The van der Waals surface area contributed by atoms with E-state index in [1.54, 1.807) is 0 Å². The fourth-order valence-electron chi connectivity index (χ4n) is 3.83. The third kappa shape index (κ3) is 6.20.